The van der Waals surface area contributed by atoms with Crippen LogP contribution in [0, 0.1) is 0 Å². The van der Waals surface area contributed by atoms with E-state index in [1.54, 1.807) is 18.2 Å². The van der Waals surface area contributed by atoms with Crippen LogP contribution >= 0.6 is 46.3 Å². The third-order valence-electron chi connectivity index (χ3n) is 4.12. The van der Waals surface area contributed by atoms with E-state index in [1.165, 1.54) is 28.5 Å². The Morgan fingerprint density at radius 3 is 2.78 bits per heavy atom. The molecular formula is C17H17Cl2N3O3S2. The van der Waals surface area contributed by atoms with E-state index in [1.807, 2.05) is 4.90 Å². The Morgan fingerprint density at radius 2 is 2.11 bits per heavy atom. The van der Waals surface area contributed by atoms with Crippen LogP contribution in [0.3, 0.4) is 0 Å². The molecule has 1 aromatic carbocycles. The van der Waals surface area contributed by atoms with Crippen molar-refractivity contribution in [2.45, 2.75) is 23.2 Å². The molecule has 6 nitrogen and oxygen atoms in total. The summed E-state index contributed by atoms with van der Waals surface area (Å²) in [7, 11) is 0. The molecule has 1 aliphatic heterocycles. The van der Waals surface area contributed by atoms with Crippen molar-refractivity contribution in [1.29, 1.82) is 0 Å². The number of thiazole rings is 1. The van der Waals surface area contributed by atoms with E-state index in [9.17, 15) is 9.59 Å². The molecule has 1 unspecified atom stereocenters. The quantitative estimate of drug-likeness (QED) is 0.587. The zero-order valence-electron chi connectivity index (χ0n) is 14.2. The molecule has 0 spiro atoms. The number of carboxylic acid groups (broad SMARTS) is 1. The number of anilines is 1. The lowest BCUT2D eigenvalue weighted by Crippen LogP contribution is -2.39. The van der Waals surface area contributed by atoms with Gasteiger partial charge in [0.15, 0.2) is 10.0 Å². The Balaban J connectivity index is 1.51. The Kier molecular flexibility index (Phi) is 6.86. The molecule has 0 saturated carbocycles. The number of aromatic carboxylic acids is 1. The highest BCUT2D eigenvalue weighted by molar-refractivity contribution is 8.01. The fourth-order valence-corrected chi connectivity index (χ4v) is 5.19. The van der Waals surface area contributed by atoms with Gasteiger partial charge in [0.2, 0.25) is 5.91 Å². The molecular weight excluding hydrogens is 429 g/mol. The van der Waals surface area contributed by atoms with Gasteiger partial charge in [-0.1, -0.05) is 35.0 Å². The summed E-state index contributed by atoms with van der Waals surface area (Å²) in [5.74, 6) is -0.227. The molecule has 1 aliphatic rings. The summed E-state index contributed by atoms with van der Waals surface area (Å²) in [5.41, 5.74) is 0.882. The summed E-state index contributed by atoms with van der Waals surface area (Å²) in [6.07, 6.45) is 1.33. The van der Waals surface area contributed by atoms with Crippen LogP contribution in [0.4, 0.5) is 5.69 Å². The molecule has 0 bridgehead atoms. The average Bonchev–Trinajstić information content (AvgIpc) is 3.20. The standard InChI is InChI=1S/C17H17Cl2N3O3S2/c18-10-5-11(19)7-12(6-10)20-8-13-1-2-15(23)22(13)3-4-26-17-21-14(9-27-17)16(24)25/h5-7,9,13,20H,1-4,8H2,(H,24,25). The first kappa shape index (κ1) is 20.3. The van der Waals surface area contributed by atoms with Gasteiger partial charge in [0.25, 0.3) is 0 Å². The van der Waals surface area contributed by atoms with Crippen LogP contribution in [0.2, 0.25) is 10.0 Å². The molecule has 2 aromatic rings. The number of benzene rings is 1. The van der Waals surface area contributed by atoms with Crippen molar-refractivity contribution in [1.82, 2.24) is 9.88 Å². The van der Waals surface area contributed by atoms with Gasteiger partial charge in [-0.05, 0) is 24.6 Å². The second-order valence-electron chi connectivity index (χ2n) is 5.97. The smallest absolute Gasteiger partial charge is 0.355 e. The van der Waals surface area contributed by atoms with E-state index in [2.05, 4.69) is 10.3 Å². The predicted molar refractivity (Wildman–Crippen MR) is 109 cm³/mol. The SMILES string of the molecule is O=C(O)c1csc(SCCN2C(=O)CCC2CNc2cc(Cl)cc(Cl)c2)n1. The maximum atomic E-state index is 12.2. The van der Waals surface area contributed by atoms with E-state index >= 15 is 0 Å². The Labute approximate surface area is 174 Å². The molecule has 1 aromatic heterocycles. The zero-order valence-corrected chi connectivity index (χ0v) is 17.3. The summed E-state index contributed by atoms with van der Waals surface area (Å²) >= 11 is 14.8. The van der Waals surface area contributed by atoms with Crippen LogP contribution in [0.5, 0.6) is 0 Å². The number of rotatable bonds is 8. The first-order chi connectivity index (χ1) is 12.9. The van der Waals surface area contributed by atoms with Crippen molar-refractivity contribution in [3.8, 4) is 0 Å². The number of thioether (sulfide) groups is 1. The normalized spacial score (nSPS) is 16.7. The van der Waals surface area contributed by atoms with Gasteiger partial charge in [-0.25, -0.2) is 9.78 Å². The number of nitrogens with one attached hydrogen (secondary N) is 1. The molecule has 0 radical (unpaired) electrons. The molecule has 144 valence electrons. The van der Waals surface area contributed by atoms with Crippen molar-refractivity contribution in [2.75, 3.05) is 24.2 Å². The molecule has 2 heterocycles. The fraction of sp³-hybridized carbons (Fsp3) is 0.353. The zero-order chi connectivity index (χ0) is 19.4. The van der Waals surface area contributed by atoms with E-state index in [0.29, 0.717) is 39.6 Å². The Hall–Kier alpha value is -1.48. The van der Waals surface area contributed by atoms with Gasteiger partial charge >= 0.3 is 5.97 Å². The van der Waals surface area contributed by atoms with Crippen molar-refractivity contribution >= 4 is 63.9 Å². The fourth-order valence-electron chi connectivity index (χ4n) is 2.86. The monoisotopic (exact) mass is 445 g/mol. The predicted octanol–water partition coefficient (Wildman–Crippen LogP) is 4.34. The summed E-state index contributed by atoms with van der Waals surface area (Å²) in [5, 5.41) is 14.9. The van der Waals surface area contributed by atoms with Crippen LogP contribution in [-0.4, -0.2) is 51.8 Å². The largest absolute Gasteiger partial charge is 0.476 e. The lowest BCUT2D eigenvalue weighted by Gasteiger charge is -2.25. The molecule has 1 saturated heterocycles. The number of aromatic nitrogens is 1. The molecule has 3 rings (SSSR count). The van der Waals surface area contributed by atoms with Crippen molar-refractivity contribution in [3.05, 3.63) is 39.3 Å². The topological polar surface area (TPSA) is 82.5 Å². The molecule has 10 heteroatoms. The highest BCUT2D eigenvalue weighted by Gasteiger charge is 2.30. The minimum atomic E-state index is -1.03. The second-order valence-corrected chi connectivity index (χ2v) is 9.04. The van der Waals surface area contributed by atoms with Gasteiger partial charge in [-0.15, -0.1) is 11.3 Å². The number of likely N-dealkylation sites (tertiary alicyclic amines) is 1. The number of carbonyl (C=O) groups excluding carboxylic acids is 1. The Morgan fingerprint density at radius 1 is 1.37 bits per heavy atom. The summed E-state index contributed by atoms with van der Waals surface area (Å²) in [6, 6.07) is 5.37. The van der Waals surface area contributed by atoms with Gasteiger partial charge in [0.05, 0.1) is 0 Å². The van der Waals surface area contributed by atoms with Crippen LogP contribution in [-0.2, 0) is 4.79 Å². The molecule has 1 amide bonds. The lowest BCUT2D eigenvalue weighted by atomic mass is 10.2. The third-order valence-corrected chi connectivity index (χ3v) is 6.55. The number of hydrogen-bond acceptors (Lipinski definition) is 6. The third kappa shape index (κ3) is 5.51. The minimum Gasteiger partial charge on any atom is -0.476 e. The minimum absolute atomic E-state index is 0.0574. The molecule has 0 aliphatic carbocycles. The van der Waals surface area contributed by atoms with Crippen molar-refractivity contribution in [2.24, 2.45) is 0 Å². The molecule has 1 fully saturated rings. The number of nitrogens with zero attached hydrogens (tertiary/aromatic N) is 2. The van der Waals surface area contributed by atoms with Crippen LogP contribution in [0.15, 0.2) is 27.9 Å². The van der Waals surface area contributed by atoms with E-state index < -0.39 is 5.97 Å². The van der Waals surface area contributed by atoms with Gasteiger partial charge in [0, 0.05) is 52.4 Å². The number of hydrogen-bond donors (Lipinski definition) is 2. The van der Waals surface area contributed by atoms with Crippen molar-refractivity contribution in [3.63, 3.8) is 0 Å². The molecule has 27 heavy (non-hydrogen) atoms. The molecule has 2 N–H and O–H groups in total. The summed E-state index contributed by atoms with van der Waals surface area (Å²) in [6.45, 7) is 1.21. The summed E-state index contributed by atoms with van der Waals surface area (Å²) < 4.78 is 0.697. The number of amides is 1. The molecule has 1 atom stereocenters. The first-order valence-corrected chi connectivity index (χ1v) is 10.9. The Bertz CT molecular complexity index is 826. The highest BCUT2D eigenvalue weighted by Crippen LogP contribution is 2.26. The van der Waals surface area contributed by atoms with Gasteiger partial charge in [-0.2, -0.15) is 0 Å². The van der Waals surface area contributed by atoms with E-state index in [4.69, 9.17) is 28.3 Å². The number of carbonyl (C=O) groups is 2. The average molecular weight is 446 g/mol. The second kappa shape index (κ2) is 9.14. The van der Waals surface area contributed by atoms with Gasteiger partial charge in [-0.3, -0.25) is 4.79 Å². The first-order valence-electron chi connectivity index (χ1n) is 8.23. The number of carboxylic acids is 1. The maximum absolute atomic E-state index is 12.2. The van der Waals surface area contributed by atoms with Crippen LogP contribution in [0.1, 0.15) is 23.3 Å². The lowest BCUT2D eigenvalue weighted by molar-refractivity contribution is -0.128. The highest BCUT2D eigenvalue weighted by atomic mass is 35.5. The van der Waals surface area contributed by atoms with Gasteiger partial charge < -0.3 is 15.3 Å². The maximum Gasteiger partial charge on any atom is 0.355 e. The van der Waals surface area contributed by atoms with Crippen LogP contribution in [0.25, 0.3) is 0 Å². The van der Waals surface area contributed by atoms with E-state index in [-0.39, 0.29) is 17.6 Å². The van der Waals surface area contributed by atoms with Crippen LogP contribution < -0.4 is 5.32 Å². The number of halogens is 2. The van der Waals surface area contributed by atoms with Crippen molar-refractivity contribution < 1.29 is 14.7 Å². The summed E-state index contributed by atoms with van der Waals surface area (Å²) in [4.78, 5) is 29.0. The van der Waals surface area contributed by atoms with E-state index in [0.717, 1.165) is 12.1 Å². The van der Waals surface area contributed by atoms with Gasteiger partial charge in [0.1, 0.15) is 0 Å².